The van der Waals surface area contributed by atoms with Crippen LogP contribution < -0.4 is 5.73 Å². The normalized spacial score (nSPS) is 20.1. The van der Waals surface area contributed by atoms with Crippen LogP contribution in [0, 0.1) is 23.2 Å². The summed E-state index contributed by atoms with van der Waals surface area (Å²) in [7, 11) is 0. The molecule has 0 aromatic carbocycles. The van der Waals surface area contributed by atoms with E-state index in [1.807, 2.05) is 19.2 Å². The monoisotopic (exact) mass is 452 g/mol. The molecular formula is C24H32N6O3. The highest BCUT2D eigenvalue weighted by molar-refractivity contribution is 5.94. The van der Waals surface area contributed by atoms with E-state index in [0.29, 0.717) is 25.4 Å². The molecule has 0 bridgehead atoms. The molecule has 1 aliphatic heterocycles. The number of H-pyrrole nitrogens is 1. The molecule has 1 amide bonds. The van der Waals surface area contributed by atoms with Crippen molar-refractivity contribution in [2.45, 2.75) is 52.4 Å². The number of likely N-dealkylation sites (tertiary alicyclic amines) is 1. The second-order valence-corrected chi connectivity index (χ2v) is 8.74. The van der Waals surface area contributed by atoms with Gasteiger partial charge in [-0.3, -0.25) is 4.79 Å². The highest BCUT2D eigenvalue weighted by Gasteiger charge is 2.34. The Hall–Kier alpha value is -3.41. The summed E-state index contributed by atoms with van der Waals surface area (Å²) in [6, 6.07) is 3.78. The number of nitrogens with two attached hydrogens (primary N) is 1. The van der Waals surface area contributed by atoms with Gasteiger partial charge in [0, 0.05) is 36.3 Å². The first kappa shape index (κ1) is 24.2. The van der Waals surface area contributed by atoms with Crippen molar-refractivity contribution in [1.82, 2.24) is 19.9 Å². The third-order valence-corrected chi connectivity index (χ3v) is 6.54. The zero-order valence-electron chi connectivity index (χ0n) is 19.5. The van der Waals surface area contributed by atoms with E-state index >= 15 is 0 Å². The van der Waals surface area contributed by atoms with E-state index in [1.54, 1.807) is 17.3 Å². The predicted octanol–water partition coefficient (Wildman–Crippen LogP) is 3.02. The number of nitriles is 1. The van der Waals surface area contributed by atoms with Crippen LogP contribution in [0.3, 0.4) is 0 Å². The fourth-order valence-corrected chi connectivity index (χ4v) is 4.43. The Labute approximate surface area is 194 Å². The smallest absolute Gasteiger partial charge is 0.350 e. The molecule has 0 saturated carbocycles. The zero-order valence-corrected chi connectivity index (χ0v) is 19.5. The molecule has 1 aliphatic rings. The van der Waals surface area contributed by atoms with Crippen molar-refractivity contribution in [3.63, 3.8) is 0 Å². The van der Waals surface area contributed by atoms with Gasteiger partial charge in [0.25, 0.3) is 0 Å². The van der Waals surface area contributed by atoms with Crippen molar-refractivity contribution in [3.8, 4) is 6.07 Å². The lowest BCUT2D eigenvalue weighted by atomic mass is 9.77. The number of ether oxygens (including phenoxy) is 1. The van der Waals surface area contributed by atoms with E-state index in [0.717, 1.165) is 29.6 Å². The van der Waals surface area contributed by atoms with E-state index in [2.05, 4.69) is 28.8 Å². The maximum Gasteiger partial charge on any atom is 0.350 e. The Morgan fingerprint density at radius 1 is 1.42 bits per heavy atom. The minimum Gasteiger partial charge on any atom is -0.462 e. The van der Waals surface area contributed by atoms with E-state index < -0.39 is 5.97 Å². The van der Waals surface area contributed by atoms with Crippen molar-refractivity contribution in [1.29, 1.82) is 5.26 Å². The number of carbonyl (C=O) groups is 2. The highest BCUT2D eigenvalue weighted by Crippen LogP contribution is 2.36. The maximum absolute atomic E-state index is 13.0. The number of esters is 1. The van der Waals surface area contributed by atoms with E-state index in [4.69, 9.17) is 10.5 Å². The largest absolute Gasteiger partial charge is 0.462 e. The SMILES string of the molecule is CCCCOC(=O)/C(C#N)=C(/N)CC(=O)N1CC[C@@H](C)[C@@H]([C@H](C)c2ncnc3[nH]ccc23)C1. The minimum absolute atomic E-state index is 0.0444. The van der Waals surface area contributed by atoms with Crippen LogP contribution in [0.5, 0.6) is 0 Å². The Morgan fingerprint density at radius 3 is 2.94 bits per heavy atom. The molecule has 33 heavy (non-hydrogen) atoms. The molecule has 2 aromatic rings. The maximum atomic E-state index is 13.0. The number of fused-ring (bicyclic) bond motifs is 1. The van der Waals surface area contributed by atoms with Crippen molar-refractivity contribution >= 4 is 22.9 Å². The van der Waals surface area contributed by atoms with Gasteiger partial charge in [0.15, 0.2) is 5.57 Å². The number of hydrogen-bond acceptors (Lipinski definition) is 7. The number of carbonyl (C=O) groups excluding carboxylic acids is 2. The van der Waals surface area contributed by atoms with Crippen molar-refractivity contribution in [2.75, 3.05) is 19.7 Å². The summed E-state index contributed by atoms with van der Waals surface area (Å²) in [6.07, 6.45) is 5.66. The van der Waals surface area contributed by atoms with Gasteiger partial charge in [0.05, 0.1) is 18.7 Å². The predicted molar refractivity (Wildman–Crippen MR) is 123 cm³/mol. The molecule has 0 spiro atoms. The Bertz CT molecular complexity index is 1070. The molecule has 3 N–H and O–H groups in total. The van der Waals surface area contributed by atoms with Crippen LogP contribution in [0.1, 0.15) is 58.1 Å². The number of aromatic nitrogens is 3. The molecular weight excluding hydrogens is 420 g/mol. The third kappa shape index (κ3) is 5.51. The van der Waals surface area contributed by atoms with Crippen LogP contribution in [0.25, 0.3) is 11.0 Å². The topological polar surface area (TPSA) is 138 Å². The second-order valence-electron chi connectivity index (χ2n) is 8.74. The van der Waals surface area contributed by atoms with Gasteiger partial charge < -0.3 is 20.4 Å². The van der Waals surface area contributed by atoms with Gasteiger partial charge in [-0.1, -0.05) is 27.2 Å². The van der Waals surface area contributed by atoms with Gasteiger partial charge >= 0.3 is 5.97 Å². The molecule has 3 heterocycles. The first-order valence-electron chi connectivity index (χ1n) is 11.5. The summed E-state index contributed by atoms with van der Waals surface area (Å²) in [5, 5.41) is 10.4. The molecule has 3 rings (SSSR count). The minimum atomic E-state index is -0.769. The molecule has 9 heteroatoms. The molecule has 0 aliphatic carbocycles. The Morgan fingerprint density at radius 2 is 2.21 bits per heavy atom. The average Bonchev–Trinajstić information content (AvgIpc) is 3.28. The van der Waals surface area contributed by atoms with E-state index in [-0.39, 0.29) is 42.0 Å². The lowest BCUT2D eigenvalue weighted by Crippen LogP contribution is -2.45. The van der Waals surface area contributed by atoms with Gasteiger partial charge in [-0.05, 0) is 30.7 Å². The number of rotatable bonds is 8. The number of aromatic amines is 1. The van der Waals surface area contributed by atoms with Crippen LogP contribution >= 0.6 is 0 Å². The van der Waals surface area contributed by atoms with Crippen LogP contribution in [0.4, 0.5) is 0 Å². The van der Waals surface area contributed by atoms with Crippen LogP contribution in [0.15, 0.2) is 29.9 Å². The number of piperidine rings is 1. The first-order valence-corrected chi connectivity index (χ1v) is 11.5. The summed E-state index contributed by atoms with van der Waals surface area (Å²) >= 11 is 0. The number of nitrogens with zero attached hydrogens (tertiary/aromatic N) is 4. The molecule has 1 saturated heterocycles. The fourth-order valence-electron chi connectivity index (χ4n) is 4.43. The molecule has 176 valence electrons. The van der Waals surface area contributed by atoms with Crippen molar-refractivity contribution in [2.24, 2.45) is 17.6 Å². The number of amides is 1. The summed E-state index contributed by atoms with van der Waals surface area (Å²) in [5.41, 5.74) is 7.43. The molecule has 9 nitrogen and oxygen atoms in total. The molecule has 3 atom stereocenters. The van der Waals surface area contributed by atoms with Gasteiger partial charge in [-0.15, -0.1) is 0 Å². The van der Waals surface area contributed by atoms with Crippen molar-refractivity contribution < 1.29 is 14.3 Å². The molecule has 2 aromatic heterocycles. The summed E-state index contributed by atoms with van der Waals surface area (Å²) in [6.45, 7) is 7.71. The summed E-state index contributed by atoms with van der Waals surface area (Å²) < 4.78 is 5.08. The fraction of sp³-hybridized carbons (Fsp3) is 0.542. The van der Waals surface area contributed by atoms with Crippen LogP contribution in [-0.2, 0) is 14.3 Å². The van der Waals surface area contributed by atoms with Gasteiger partial charge in [0.2, 0.25) is 5.91 Å². The Balaban J connectivity index is 1.71. The first-order chi connectivity index (χ1) is 15.9. The van der Waals surface area contributed by atoms with Gasteiger partial charge in [-0.25, -0.2) is 14.8 Å². The Kier molecular flexibility index (Phi) is 8.04. The molecule has 1 fully saturated rings. The summed E-state index contributed by atoms with van der Waals surface area (Å²) in [5.74, 6) is -0.234. The van der Waals surface area contributed by atoms with E-state index in [9.17, 15) is 14.9 Å². The van der Waals surface area contributed by atoms with Gasteiger partial charge in [0.1, 0.15) is 18.0 Å². The standard InChI is InChI=1S/C24H32N6O3/c1-4-5-10-33-24(32)18(12-25)20(26)11-21(31)30-9-7-15(2)19(13-30)16(3)22-17-6-8-27-23(17)29-14-28-22/h6,8,14-16,19H,4-5,7,9-11,13,26H2,1-3H3,(H,27,28,29)/b20-18+/t15-,16+,19+/m1/s1. The van der Waals surface area contributed by atoms with Gasteiger partial charge in [-0.2, -0.15) is 5.26 Å². The lowest BCUT2D eigenvalue weighted by Gasteiger charge is -2.40. The zero-order chi connectivity index (χ0) is 24.0. The average molecular weight is 453 g/mol. The molecule has 0 radical (unpaired) electrons. The summed E-state index contributed by atoms with van der Waals surface area (Å²) in [4.78, 5) is 38.9. The second kappa shape index (κ2) is 10.9. The number of unbranched alkanes of at least 4 members (excludes halogenated alkanes) is 1. The van der Waals surface area contributed by atoms with Crippen LogP contribution in [-0.4, -0.2) is 51.4 Å². The van der Waals surface area contributed by atoms with E-state index in [1.165, 1.54) is 0 Å². The third-order valence-electron chi connectivity index (χ3n) is 6.54. The number of hydrogen-bond donors (Lipinski definition) is 2. The van der Waals surface area contributed by atoms with Crippen molar-refractivity contribution in [3.05, 3.63) is 35.6 Å². The molecule has 0 unspecified atom stereocenters. The lowest BCUT2D eigenvalue weighted by molar-refractivity contribution is -0.138. The highest BCUT2D eigenvalue weighted by atomic mass is 16.5. The number of nitrogens with one attached hydrogen (secondary N) is 1. The quantitative estimate of drug-likeness (QED) is 0.272. The van der Waals surface area contributed by atoms with Crippen LogP contribution in [0.2, 0.25) is 0 Å².